The number of carbonyl (C=O) groups excluding carboxylic acids is 1. The van der Waals surface area contributed by atoms with E-state index in [9.17, 15) is 4.79 Å². The van der Waals surface area contributed by atoms with Gasteiger partial charge < -0.3 is 4.90 Å². The van der Waals surface area contributed by atoms with E-state index >= 15 is 0 Å². The van der Waals surface area contributed by atoms with Gasteiger partial charge in [0.15, 0.2) is 0 Å². The Kier molecular flexibility index (Phi) is 5.44. The minimum atomic E-state index is 0.244. The van der Waals surface area contributed by atoms with Crippen molar-refractivity contribution in [3.63, 3.8) is 0 Å². The van der Waals surface area contributed by atoms with E-state index in [1.165, 1.54) is 0 Å². The smallest absolute Gasteiger partial charge is 0.222 e. The highest BCUT2D eigenvalue weighted by Crippen LogP contribution is 2.17. The van der Waals surface area contributed by atoms with Crippen LogP contribution in [-0.2, 0) is 11.2 Å². The van der Waals surface area contributed by atoms with E-state index in [1.54, 1.807) is 0 Å². The zero-order chi connectivity index (χ0) is 14.5. The van der Waals surface area contributed by atoms with E-state index in [-0.39, 0.29) is 5.91 Å². The first kappa shape index (κ1) is 15.3. The number of nitrogens with zero attached hydrogens (tertiary/aromatic N) is 2. The quantitative estimate of drug-likeness (QED) is 0.852. The largest absolute Gasteiger partial charge is 0.340 e. The summed E-state index contributed by atoms with van der Waals surface area (Å²) in [6, 6.07) is 8.32. The van der Waals surface area contributed by atoms with Gasteiger partial charge in [-0.15, -0.1) is 0 Å². The van der Waals surface area contributed by atoms with E-state index in [1.807, 2.05) is 29.2 Å². The molecule has 1 heterocycles. The summed E-state index contributed by atoms with van der Waals surface area (Å²) in [6.45, 7) is 8.06. The van der Waals surface area contributed by atoms with Gasteiger partial charge in [-0.3, -0.25) is 9.69 Å². The molecule has 1 aromatic rings. The maximum Gasteiger partial charge on any atom is 0.222 e. The summed E-state index contributed by atoms with van der Waals surface area (Å²) in [5, 5.41) is 0.755. The highest BCUT2D eigenvalue weighted by Gasteiger charge is 2.22. The number of benzene rings is 1. The predicted molar refractivity (Wildman–Crippen MR) is 83.1 cm³/mol. The van der Waals surface area contributed by atoms with E-state index in [0.717, 1.165) is 43.2 Å². The second kappa shape index (κ2) is 7.09. The van der Waals surface area contributed by atoms with Crippen molar-refractivity contribution in [2.45, 2.75) is 32.7 Å². The predicted octanol–water partition coefficient (Wildman–Crippen LogP) is 2.83. The molecule has 20 heavy (non-hydrogen) atoms. The van der Waals surface area contributed by atoms with Crippen molar-refractivity contribution < 1.29 is 4.79 Å². The fourth-order valence-electron chi connectivity index (χ4n) is 2.59. The lowest BCUT2D eigenvalue weighted by Gasteiger charge is -2.37. The Morgan fingerprint density at radius 3 is 2.45 bits per heavy atom. The lowest BCUT2D eigenvalue weighted by atomic mass is 10.1. The number of hydrogen-bond donors (Lipinski definition) is 0. The first-order valence-electron chi connectivity index (χ1n) is 7.33. The summed E-state index contributed by atoms with van der Waals surface area (Å²) < 4.78 is 0. The molecule has 3 nitrogen and oxygen atoms in total. The molecule has 0 aliphatic carbocycles. The van der Waals surface area contributed by atoms with E-state index < -0.39 is 0 Å². The molecule has 0 unspecified atom stereocenters. The van der Waals surface area contributed by atoms with Crippen LogP contribution in [0.2, 0.25) is 5.02 Å². The fraction of sp³-hybridized carbons (Fsp3) is 0.562. The van der Waals surface area contributed by atoms with Crippen LogP contribution in [0.3, 0.4) is 0 Å². The second-order valence-electron chi connectivity index (χ2n) is 5.60. The lowest BCUT2D eigenvalue weighted by molar-refractivity contribution is -0.133. The molecule has 0 aromatic heterocycles. The average Bonchev–Trinajstić information content (AvgIpc) is 2.46. The van der Waals surface area contributed by atoms with Crippen LogP contribution in [0.5, 0.6) is 0 Å². The van der Waals surface area contributed by atoms with Gasteiger partial charge in [0.25, 0.3) is 0 Å². The van der Waals surface area contributed by atoms with Gasteiger partial charge >= 0.3 is 0 Å². The lowest BCUT2D eigenvalue weighted by Crippen LogP contribution is -2.50. The summed E-state index contributed by atoms with van der Waals surface area (Å²) in [4.78, 5) is 16.6. The summed E-state index contributed by atoms with van der Waals surface area (Å²) in [5.74, 6) is 0.244. The van der Waals surface area contributed by atoms with Crippen LogP contribution >= 0.6 is 11.6 Å². The molecule has 0 saturated carbocycles. The molecule has 0 radical (unpaired) electrons. The molecule has 1 fully saturated rings. The first-order valence-corrected chi connectivity index (χ1v) is 7.71. The number of aryl methyl sites for hydroxylation is 1. The van der Waals surface area contributed by atoms with Gasteiger partial charge in [-0.2, -0.15) is 0 Å². The van der Waals surface area contributed by atoms with E-state index in [0.29, 0.717) is 12.5 Å². The molecule has 110 valence electrons. The Hall–Kier alpha value is -1.06. The second-order valence-corrected chi connectivity index (χ2v) is 6.01. The van der Waals surface area contributed by atoms with Crippen molar-refractivity contribution in [3.8, 4) is 0 Å². The summed E-state index contributed by atoms with van der Waals surface area (Å²) >= 11 is 6.12. The monoisotopic (exact) mass is 294 g/mol. The minimum Gasteiger partial charge on any atom is -0.340 e. The van der Waals surface area contributed by atoms with E-state index in [2.05, 4.69) is 18.7 Å². The van der Waals surface area contributed by atoms with Gasteiger partial charge in [-0.25, -0.2) is 0 Å². The van der Waals surface area contributed by atoms with Crippen LogP contribution in [0.4, 0.5) is 0 Å². The van der Waals surface area contributed by atoms with Gasteiger partial charge in [0.05, 0.1) is 0 Å². The summed E-state index contributed by atoms with van der Waals surface area (Å²) in [6.07, 6.45) is 1.27. The highest BCUT2D eigenvalue weighted by molar-refractivity contribution is 6.31. The highest BCUT2D eigenvalue weighted by atomic mass is 35.5. The molecule has 0 atom stereocenters. The molecule has 1 aliphatic heterocycles. The molecule has 4 heteroatoms. The normalized spacial score (nSPS) is 16.7. The van der Waals surface area contributed by atoms with Crippen LogP contribution in [0, 0.1) is 0 Å². The average molecular weight is 295 g/mol. The molecule has 0 spiro atoms. The standard InChI is InChI=1S/C16H23ClN2O/c1-13(2)18-9-11-19(12-10-18)16(20)8-7-14-5-3-4-6-15(14)17/h3-6,13H,7-12H2,1-2H3. The van der Waals surface area contributed by atoms with Gasteiger partial charge in [0, 0.05) is 43.7 Å². The van der Waals surface area contributed by atoms with Crippen molar-refractivity contribution in [3.05, 3.63) is 34.9 Å². The Morgan fingerprint density at radius 2 is 1.85 bits per heavy atom. The molecule has 1 aromatic carbocycles. The number of amides is 1. The van der Waals surface area contributed by atoms with Crippen LogP contribution < -0.4 is 0 Å². The SMILES string of the molecule is CC(C)N1CCN(C(=O)CCc2ccccc2Cl)CC1. The Balaban J connectivity index is 1.80. The zero-order valence-corrected chi connectivity index (χ0v) is 13.1. The van der Waals surface area contributed by atoms with Crippen molar-refractivity contribution in [1.82, 2.24) is 9.80 Å². The third kappa shape index (κ3) is 3.97. The van der Waals surface area contributed by atoms with E-state index in [4.69, 9.17) is 11.6 Å². The third-order valence-electron chi connectivity index (χ3n) is 3.96. The molecule has 1 amide bonds. The number of halogens is 1. The Morgan fingerprint density at radius 1 is 1.20 bits per heavy atom. The number of carbonyl (C=O) groups is 1. The first-order chi connectivity index (χ1) is 9.58. The summed E-state index contributed by atoms with van der Waals surface area (Å²) in [5.41, 5.74) is 1.06. The maximum absolute atomic E-state index is 12.2. The Labute approximate surface area is 126 Å². The molecule has 0 bridgehead atoms. The Bertz CT molecular complexity index is 454. The van der Waals surface area contributed by atoms with Crippen molar-refractivity contribution in [2.24, 2.45) is 0 Å². The van der Waals surface area contributed by atoms with Gasteiger partial charge in [0.1, 0.15) is 0 Å². The zero-order valence-electron chi connectivity index (χ0n) is 12.3. The minimum absolute atomic E-state index is 0.244. The van der Waals surface area contributed by atoms with Crippen molar-refractivity contribution in [2.75, 3.05) is 26.2 Å². The molecular formula is C16H23ClN2O. The van der Waals surface area contributed by atoms with Gasteiger partial charge in [-0.1, -0.05) is 29.8 Å². The number of rotatable bonds is 4. The fourth-order valence-corrected chi connectivity index (χ4v) is 2.82. The van der Waals surface area contributed by atoms with Crippen molar-refractivity contribution in [1.29, 1.82) is 0 Å². The molecule has 2 rings (SSSR count). The van der Waals surface area contributed by atoms with Gasteiger partial charge in [0.2, 0.25) is 5.91 Å². The molecule has 1 aliphatic rings. The summed E-state index contributed by atoms with van der Waals surface area (Å²) in [7, 11) is 0. The number of piperazine rings is 1. The topological polar surface area (TPSA) is 23.6 Å². The van der Waals surface area contributed by atoms with Crippen LogP contribution in [0.25, 0.3) is 0 Å². The third-order valence-corrected chi connectivity index (χ3v) is 4.33. The number of hydrogen-bond acceptors (Lipinski definition) is 2. The molecule has 0 N–H and O–H groups in total. The van der Waals surface area contributed by atoms with Gasteiger partial charge in [-0.05, 0) is 31.9 Å². The van der Waals surface area contributed by atoms with Crippen LogP contribution in [0.1, 0.15) is 25.8 Å². The molecular weight excluding hydrogens is 272 g/mol. The maximum atomic E-state index is 12.2. The van der Waals surface area contributed by atoms with Crippen LogP contribution in [-0.4, -0.2) is 47.9 Å². The molecule has 1 saturated heterocycles. The van der Waals surface area contributed by atoms with Crippen LogP contribution in [0.15, 0.2) is 24.3 Å². The van der Waals surface area contributed by atoms with Crippen molar-refractivity contribution >= 4 is 17.5 Å².